The van der Waals surface area contributed by atoms with Gasteiger partial charge in [-0.15, -0.1) is 0 Å². The van der Waals surface area contributed by atoms with Crippen molar-refractivity contribution in [2.45, 2.75) is 0 Å². The molecule has 2 nitrogen and oxygen atoms in total. The zero-order chi connectivity index (χ0) is 14.9. The first-order chi connectivity index (χ1) is 9.40. The monoisotopic (exact) mass is 409 g/mol. The molecule has 20 heavy (non-hydrogen) atoms. The largest absolute Gasteiger partial charge is 0.455 e. The summed E-state index contributed by atoms with van der Waals surface area (Å²) < 4.78 is 6.48. The van der Waals surface area contributed by atoms with Crippen LogP contribution in [0.1, 0.15) is 5.56 Å². The molecule has 2 N–H and O–H groups in total. The molecule has 0 atom stereocenters. The summed E-state index contributed by atoms with van der Waals surface area (Å²) in [5, 5.41) is 1.04. The standard InChI is InChI=1S/C13H7BrCl3NOS/c14-6-2-1-3-10(12(6)13(18)20)19-11-5-8(16)7(15)4-9(11)17/h1-5H,(H2,18,20). The lowest BCUT2D eigenvalue weighted by Crippen LogP contribution is -2.11. The van der Waals surface area contributed by atoms with Crippen LogP contribution in [0.2, 0.25) is 15.1 Å². The molecule has 0 amide bonds. The van der Waals surface area contributed by atoms with Crippen molar-refractivity contribution in [3.05, 3.63) is 55.4 Å². The fraction of sp³-hybridized carbons (Fsp3) is 0. The quantitative estimate of drug-likeness (QED) is 0.509. The van der Waals surface area contributed by atoms with E-state index in [2.05, 4.69) is 15.9 Å². The summed E-state index contributed by atoms with van der Waals surface area (Å²) >= 11 is 26.3. The number of ether oxygens (including phenoxy) is 1. The number of nitrogens with two attached hydrogens (primary N) is 1. The number of rotatable bonds is 3. The van der Waals surface area contributed by atoms with Crippen LogP contribution in [0.25, 0.3) is 0 Å². The minimum atomic E-state index is 0.212. The number of benzene rings is 2. The summed E-state index contributed by atoms with van der Waals surface area (Å²) in [6, 6.07) is 8.40. The molecule has 0 aliphatic heterocycles. The smallest absolute Gasteiger partial charge is 0.147 e. The maximum atomic E-state index is 6.08. The van der Waals surface area contributed by atoms with Gasteiger partial charge in [-0.05, 0) is 34.1 Å². The van der Waals surface area contributed by atoms with Crippen molar-refractivity contribution in [3.8, 4) is 11.5 Å². The molecular weight excluding hydrogens is 404 g/mol. The van der Waals surface area contributed by atoms with Gasteiger partial charge in [-0.3, -0.25) is 0 Å². The molecule has 0 spiro atoms. The van der Waals surface area contributed by atoms with Gasteiger partial charge in [0.05, 0.1) is 20.6 Å². The van der Waals surface area contributed by atoms with E-state index in [0.717, 1.165) is 4.47 Å². The second-order valence-electron chi connectivity index (χ2n) is 3.78. The molecule has 2 rings (SSSR count). The van der Waals surface area contributed by atoms with Crippen molar-refractivity contribution in [1.82, 2.24) is 0 Å². The van der Waals surface area contributed by atoms with Crippen LogP contribution in [0.4, 0.5) is 0 Å². The van der Waals surface area contributed by atoms with Gasteiger partial charge in [0.2, 0.25) is 0 Å². The van der Waals surface area contributed by atoms with E-state index in [9.17, 15) is 0 Å². The highest BCUT2D eigenvalue weighted by molar-refractivity contribution is 9.10. The first-order valence-electron chi connectivity index (χ1n) is 5.31. The Morgan fingerprint density at radius 3 is 2.35 bits per heavy atom. The maximum absolute atomic E-state index is 6.08. The second kappa shape index (κ2) is 6.50. The van der Waals surface area contributed by atoms with Crippen LogP contribution in [-0.4, -0.2) is 4.99 Å². The Morgan fingerprint density at radius 2 is 1.70 bits per heavy atom. The lowest BCUT2D eigenvalue weighted by Gasteiger charge is -2.13. The van der Waals surface area contributed by atoms with Crippen molar-refractivity contribution in [2.24, 2.45) is 5.73 Å². The van der Waals surface area contributed by atoms with Crippen molar-refractivity contribution in [1.29, 1.82) is 0 Å². The molecule has 2 aromatic carbocycles. The van der Waals surface area contributed by atoms with E-state index in [1.165, 1.54) is 12.1 Å². The van der Waals surface area contributed by atoms with E-state index < -0.39 is 0 Å². The number of hydrogen-bond acceptors (Lipinski definition) is 2. The summed E-state index contributed by atoms with van der Waals surface area (Å²) in [6.45, 7) is 0. The number of halogens is 4. The highest BCUT2D eigenvalue weighted by Crippen LogP contribution is 2.38. The second-order valence-corrected chi connectivity index (χ2v) is 6.29. The third kappa shape index (κ3) is 3.38. The van der Waals surface area contributed by atoms with Gasteiger partial charge in [0, 0.05) is 10.5 Å². The van der Waals surface area contributed by atoms with E-state index in [4.69, 9.17) is 57.5 Å². The van der Waals surface area contributed by atoms with Gasteiger partial charge in [0.25, 0.3) is 0 Å². The van der Waals surface area contributed by atoms with Crippen LogP contribution < -0.4 is 10.5 Å². The van der Waals surface area contributed by atoms with Crippen molar-refractivity contribution in [3.63, 3.8) is 0 Å². The molecule has 0 heterocycles. The Labute approximate surface area is 144 Å². The van der Waals surface area contributed by atoms with E-state index in [-0.39, 0.29) is 4.99 Å². The lowest BCUT2D eigenvalue weighted by atomic mass is 10.2. The Hall–Kier alpha value is -0.520. The number of thiocarbonyl (C=S) groups is 1. The molecule has 0 fully saturated rings. The van der Waals surface area contributed by atoms with E-state index in [0.29, 0.717) is 32.1 Å². The SMILES string of the molecule is NC(=S)c1c(Br)cccc1Oc1cc(Cl)c(Cl)cc1Cl. The molecule has 0 radical (unpaired) electrons. The zero-order valence-electron chi connectivity index (χ0n) is 9.79. The average molecular weight is 412 g/mol. The highest BCUT2D eigenvalue weighted by Gasteiger charge is 2.14. The fourth-order valence-electron chi connectivity index (χ4n) is 1.53. The van der Waals surface area contributed by atoms with E-state index in [1.807, 2.05) is 6.07 Å². The van der Waals surface area contributed by atoms with Crippen LogP contribution in [0.3, 0.4) is 0 Å². The summed E-state index contributed by atoms with van der Waals surface area (Å²) in [7, 11) is 0. The predicted molar refractivity (Wildman–Crippen MR) is 91.6 cm³/mol. The molecule has 7 heteroatoms. The Bertz CT molecular complexity index is 694. The molecular formula is C13H7BrCl3NOS. The fourth-order valence-corrected chi connectivity index (χ4v) is 3.01. The lowest BCUT2D eigenvalue weighted by molar-refractivity contribution is 0.481. The normalized spacial score (nSPS) is 10.4. The van der Waals surface area contributed by atoms with Gasteiger partial charge in [0.1, 0.15) is 16.5 Å². The van der Waals surface area contributed by atoms with Crippen molar-refractivity contribution >= 4 is 67.9 Å². The van der Waals surface area contributed by atoms with E-state index in [1.54, 1.807) is 12.1 Å². The molecule has 0 aromatic heterocycles. The van der Waals surface area contributed by atoms with Crippen molar-refractivity contribution in [2.75, 3.05) is 0 Å². The molecule has 0 bridgehead atoms. The zero-order valence-corrected chi connectivity index (χ0v) is 14.5. The topological polar surface area (TPSA) is 35.2 Å². The van der Waals surface area contributed by atoms with Gasteiger partial charge in [-0.1, -0.05) is 53.1 Å². The predicted octanol–water partition coefficient (Wildman–Crippen LogP) is 5.84. The van der Waals surface area contributed by atoms with Crippen LogP contribution in [0.5, 0.6) is 11.5 Å². The molecule has 0 unspecified atom stereocenters. The molecule has 0 saturated carbocycles. The number of hydrogen-bond donors (Lipinski definition) is 1. The van der Waals surface area contributed by atoms with Gasteiger partial charge >= 0.3 is 0 Å². The Kier molecular flexibility index (Phi) is 5.15. The summed E-state index contributed by atoms with van der Waals surface area (Å²) in [4.78, 5) is 0.212. The molecule has 0 aliphatic carbocycles. The molecule has 0 aliphatic rings. The minimum Gasteiger partial charge on any atom is -0.455 e. The Balaban J connectivity index is 2.48. The maximum Gasteiger partial charge on any atom is 0.147 e. The molecule has 104 valence electrons. The van der Waals surface area contributed by atoms with Gasteiger partial charge < -0.3 is 10.5 Å². The summed E-state index contributed by atoms with van der Waals surface area (Å²) in [6.07, 6.45) is 0. The first-order valence-corrected chi connectivity index (χ1v) is 7.64. The molecule has 2 aromatic rings. The summed E-state index contributed by atoms with van der Waals surface area (Å²) in [5.41, 5.74) is 6.29. The van der Waals surface area contributed by atoms with Crippen LogP contribution in [0.15, 0.2) is 34.8 Å². The molecule has 0 saturated heterocycles. The third-order valence-corrected chi connectivity index (χ3v) is 4.30. The summed E-state index contributed by atoms with van der Waals surface area (Å²) in [5.74, 6) is 0.851. The van der Waals surface area contributed by atoms with Gasteiger partial charge in [-0.2, -0.15) is 0 Å². The van der Waals surface area contributed by atoms with E-state index >= 15 is 0 Å². The van der Waals surface area contributed by atoms with Crippen molar-refractivity contribution < 1.29 is 4.74 Å². The van der Waals surface area contributed by atoms with Crippen LogP contribution in [-0.2, 0) is 0 Å². The Morgan fingerprint density at radius 1 is 1.05 bits per heavy atom. The highest BCUT2D eigenvalue weighted by atomic mass is 79.9. The third-order valence-electron chi connectivity index (χ3n) is 2.42. The average Bonchev–Trinajstić information content (AvgIpc) is 2.35. The minimum absolute atomic E-state index is 0.212. The first kappa shape index (κ1) is 15.9. The van der Waals surface area contributed by atoms with Gasteiger partial charge in [0.15, 0.2) is 0 Å². The van der Waals surface area contributed by atoms with Crippen LogP contribution >= 0.6 is 63.0 Å². The van der Waals surface area contributed by atoms with Gasteiger partial charge in [-0.25, -0.2) is 0 Å². The van der Waals surface area contributed by atoms with Crippen LogP contribution in [0, 0.1) is 0 Å².